The molecule has 0 bridgehead atoms. The topological polar surface area (TPSA) is 57.6 Å². The second-order valence-electron chi connectivity index (χ2n) is 4.48. The summed E-state index contributed by atoms with van der Waals surface area (Å²) in [5.41, 5.74) is 1.10. The standard InChI is InChI=1S/C14H25N3O2/c1-4-17(5-2)11-13(18)10-15-9-12-6-7-16-14(8-12)19-3/h6-8,13,15,18H,4-5,9-11H2,1-3H3. The summed E-state index contributed by atoms with van der Waals surface area (Å²) in [6.07, 6.45) is 1.38. The Balaban J connectivity index is 2.29. The van der Waals surface area contributed by atoms with Crippen LogP contribution >= 0.6 is 0 Å². The third-order valence-corrected chi connectivity index (χ3v) is 3.08. The van der Waals surface area contributed by atoms with Crippen LogP contribution in [0.2, 0.25) is 0 Å². The van der Waals surface area contributed by atoms with Crippen LogP contribution in [0, 0.1) is 0 Å². The van der Waals surface area contributed by atoms with Gasteiger partial charge in [-0.15, -0.1) is 0 Å². The maximum Gasteiger partial charge on any atom is 0.213 e. The van der Waals surface area contributed by atoms with Gasteiger partial charge in [0.2, 0.25) is 5.88 Å². The molecule has 108 valence electrons. The van der Waals surface area contributed by atoms with Crippen LogP contribution in [0.25, 0.3) is 0 Å². The van der Waals surface area contributed by atoms with Crippen molar-refractivity contribution < 1.29 is 9.84 Å². The molecule has 0 saturated heterocycles. The van der Waals surface area contributed by atoms with Crippen molar-refractivity contribution >= 4 is 0 Å². The lowest BCUT2D eigenvalue weighted by Crippen LogP contribution is -2.38. The Hall–Kier alpha value is -1.17. The molecule has 0 aliphatic rings. The number of aliphatic hydroxyl groups excluding tert-OH is 1. The van der Waals surface area contributed by atoms with Crippen molar-refractivity contribution in [2.24, 2.45) is 0 Å². The molecular weight excluding hydrogens is 242 g/mol. The summed E-state index contributed by atoms with van der Waals surface area (Å²) in [5.74, 6) is 0.614. The molecule has 0 spiro atoms. The Kier molecular flexibility index (Phi) is 7.40. The van der Waals surface area contributed by atoms with E-state index in [1.807, 2.05) is 12.1 Å². The summed E-state index contributed by atoms with van der Waals surface area (Å²) in [7, 11) is 1.60. The van der Waals surface area contributed by atoms with Gasteiger partial charge in [-0.1, -0.05) is 13.8 Å². The number of hydrogen-bond acceptors (Lipinski definition) is 5. The van der Waals surface area contributed by atoms with E-state index in [-0.39, 0.29) is 6.10 Å². The number of aliphatic hydroxyl groups is 1. The smallest absolute Gasteiger partial charge is 0.213 e. The Bertz CT molecular complexity index is 356. The monoisotopic (exact) mass is 267 g/mol. The molecule has 0 saturated carbocycles. The van der Waals surface area contributed by atoms with Crippen molar-refractivity contribution in [3.63, 3.8) is 0 Å². The number of nitrogens with zero attached hydrogens (tertiary/aromatic N) is 2. The fraction of sp³-hybridized carbons (Fsp3) is 0.643. The molecular formula is C14H25N3O2. The van der Waals surface area contributed by atoms with Crippen molar-refractivity contribution in [3.05, 3.63) is 23.9 Å². The van der Waals surface area contributed by atoms with Crippen molar-refractivity contribution in [2.45, 2.75) is 26.5 Å². The SMILES string of the molecule is CCN(CC)CC(O)CNCc1ccnc(OC)c1. The van der Waals surface area contributed by atoms with Crippen LogP contribution in [0.3, 0.4) is 0 Å². The number of hydrogen-bond donors (Lipinski definition) is 2. The minimum absolute atomic E-state index is 0.344. The molecule has 0 aliphatic carbocycles. The molecule has 1 heterocycles. The first kappa shape index (κ1) is 15.9. The first-order valence-electron chi connectivity index (χ1n) is 6.79. The zero-order valence-electron chi connectivity index (χ0n) is 12.1. The summed E-state index contributed by atoms with van der Waals surface area (Å²) in [4.78, 5) is 6.27. The molecule has 0 aromatic carbocycles. The molecule has 1 rings (SSSR count). The number of pyridine rings is 1. The van der Waals surface area contributed by atoms with Gasteiger partial charge in [-0.05, 0) is 24.7 Å². The maximum atomic E-state index is 9.92. The summed E-state index contributed by atoms with van der Waals surface area (Å²) in [6, 6.07) is 3.83. The van der Waals surface area contributed by atoms with Crippen LogP contribution < -0.4 is 10.1 Å². The highest BCUT2D eigenvalue weighted by molar-refractivity contribution is 5.20. The highest BCUT2D eigenvalue weighted by Gasteiger charge is 2.08. The van der Waals surface area contributed by atoms with Gasteiger partial charge in [0.05, 0.1) is 13.2 Å². The number of likely N-dealkylation sites (N-methyl/N-ethyl adjacent to an activating group) is 1. The van der Waals surface area contributed by atoms with Gasteiger partial charge >= 0.3 is 0 Å². The van der Waals surface area contributed by atoms with E-state index in [0.717, 1.165) is 18.7 Å². The molecule has 0 fully saturated rings. The molecule has 1 aromatic rings. The van der Waals surface area contributed by atoms with Gasteiger partial charge in [0, 0.05) is 31.9 Å². The van der Waals surface area contributed by atoms with Crippen LogP contribution in [0.4, 0.5) is 0 Å². The minimum atomic E-state index is -0.344. The van der Waals surface area contributed by atoms with Crippen LogP contribution in [-0.4, -0.2) is 54.4 Å². The fourth-order valence-corrected chi connectivity index (χ4v) is 1.90. The first-order valence-corrected chi connectivity index (χ1v) is 6.79. The van der Waals surface area contributed by atoms with Gasteiger partial charge in [0.25, 0.3) is 0 Å². The normalized spacial score (nSPS) is 12.7. The zero-order chi connectivity index (χ0) is 14.1. The van der Waals surface area contributed by atoms with E-state index < -0.39 is 0 Å². The molecule has 5 heteroatoms. The third kappa shape index (κ3) is 6.00. The second kappa shape index (κ2) is 8.85. The fourth-order valence-electron chi connectivity index (χ4n) is 1.90. The number of aromatic nitrogens is 1. The highest BCUT2D eigenvalue weighted by Crippen LogP contribution is 2.07. The molecule has 0 aliphatic heterocycles. The first-order chi connectivity index (χ1) is 9.19. The van der Waals surface area contributed by atoms with Crippen molar-refractivity contribution in [3.8, 4) is 5.88 Å². The molecule has 19 heavy (non-hydrogen) atoms. The van der Waals surface area contributed by atoms with Gasteiger partial charge in [-0.3, -0.25) is 0 Å². The molecule has 1 aromatic heterocycles. The van der Waals surface area contributed by atoms with E-state index in [1.54, 1.807) is 13.3 Å². The lowest BCUT2D eigenvalue weighted by molar-refractivity contribution is 0.116. The van der Waals surface area contributed by atoms with Gasteiger partial charge in [0.1, 0.15) is 0 Å². The molecule has 5 nitrogen and oxygen atoms in total. The minimum Gasteiger partial charge on any atom is -0.481 e. The zero-order valence-corrected chi connectivity index (χ0v) is 12.1. The van der Waals surface area contributed by atoms with Crippen molar-refractivity contribution in [2.75, 3.05) is 33.3 Å². The van der Waals surface area contributed by atoms with E-state index in [0.29, 0.717) is 25.5 Å². The van der Waals surface area contributed by atoms with Crippen LogP contribution in [0.1, 0.15) is 19.4 Å². The number of methoxy groups -OCH3 is 1. The molecule has 0 radical (unpaired) electrons. The lowest BCUT2D eigenvalue weighted by atomic mass is 10.2. The summed E-state index contributed by atoms with van der Waals surface area (Å²) in [6.45, 7) is 8.14. The summed E-state index contributed by atoms with van der Waals surface area (Å²) in [5, 5.41) is 13.2. The van der Waals surface area contributed by atoms with Crippen LogP contribution in [-0.2, 0) is 6.54 Å². The predicted molar refractivity (Wildman–Crippen MR) is 76.3 cm³/mol. The molecule has 1 unspecified atom stereocenters. The van der Waals surface area contributed by atoms with E-state index in [2.05, 4.69) is 29.0 Å². The highest BCUT2D eigenvalue weighted by atomic mass is 16.5. The van der Waals surface area contributed by atoms with Gasteiger partial charge in [-0.25, -0.2) is 4.98 Å². The third-order valence-electron chi connectivity index (χ3n) is 3.08. The summed E-state index contributed by atoms with van der Waals surface area (Å²) >= 11 is 0. The van der Waals surface area contributed by atoms with Crippen LogP contribution in [0.5, 0.6) is 5.88 Å². The van der Waals surface area contributed by atoms with E-state index in [1.165, 1.54) is 0 Å². The second-order valence-corrected chi connectivity index (χ2v) is 4.48. The average Bonchev–Trinajstić information content (AvgIpc) is 2.45. The largest absolute Gasteiger partial charge is 0.481 e. The van der Waals surface area contributed by atoms with Gasteiger partial charge in [-0.2, -0.15) is 0 Å². The van der Waals surface area contributed by atoms with Crippen molar-refractivity contribution in [1.29, 1.82) is 0 Å². The van der Waals surface area contributed by atoms with E-state index >= 15 is 0 Å². The van der Waals surface area contributed by atoms with Gasteiger partial charge < -0.3 is 20.1 Å². The Labute approximate surface area is 115 Å². The molecule has 0 amide bonds. The van der Waals surface area contributed by atoms with Crippen molar-refractivity contribution in [1.82, 2.24) is 15.2 Å². The van der Waals surface area contributed by atoms with E-state index in [9.17, 15) is 5.11 Å². The Morgan fingerprint density at radius 1 is 1.42 bits per heavy atom. The average molecular weight is 267 g/mol. The quantitative estimate of drug-likeness (QED) is 0.695. The summed E-state index contributed by atoms with van der Waals surface area (Å²) < 4.78 is 5.07. The number of rotatable bonds is 9. The lowest BCUT2D eigenvalue weighted by Gasteiger charge is -2.22. The predicted octanol–water partition coefficient (Wildman–Crippen LogP) is 0.882. The van der Waals surface area contributed by atoms with Crippen LogP contribution in [0.15, 0.2) is 18.3 Å². The van der Waals surface area contributed by atoms with E-state index in [4.69, 9.17) is 4.74 Å². The number of ether oxygens (including phenoxy) is 1. The van der Waals surface area contributed by atoms with Gasteiger partial charge in [0.15, 0.2) is 0 Å². The Morgan fingerprint density at radius 2 is 2.16 bits per heavy atom. The molecule has 2 N–H and O–H groups in total. The maximum absolute atomic E-state index is 9.92. The number of nitrogens with one attached hydrogen (secondary N) is 1. The Morgan fingerprint density at radius 3 is 2.79 bits per heavy atom. The molecule has 1 atom stereocenters.